The lowest BCUT2D eigenvalue weighted by Crippen LogP contribution is -2.24. The first-order valence-corrected chi connectivity index (χ1v) is 8.10. The zero-order chi connectivity index (χ0) is 15.4. The van der Waals surface area contributed by atoms with Gasteiger partial charge in [-0.3, -0.25) is 4.79 Å². The molecule has 2 unspecified atom stereocenters. The van der Waals surface area contributed by atoms with Crippen molar-refractivity contribution in [1.82, 2.24) is 0 Å². The summed E-state index contributed by atoms with van der Waals surface area (Å²) >= 11 is 0. The molecule has 4 heteroatoms. The lowest BCUT2D eigenvalue weighted by atomic mass is 9.93. The third-order valence-corrected chi connectivity index (χ3v) is 4.62. The highest BCUT2D eigenvalue weighted by Gasteiger charge is 2.22. The fourth-order valence-corrected chi connectivity index (χ4v) is 3.19. The Labute approximate surface area is 132 Å². The predicted molar refractivity (Wildman–Crippen MR) is 89.2 cm³/mol. The Morgan fingerprint density at radius 2 is 2.05 bits per heavy atom. The van der Waals surface area contributed by atoms with E-state index in [2.05, 4.69) is 34.5 Å². The normalized spacial score (nSPS) is 24.5. The predicted octanol–water partition coefficient (Wildman–Crippen LogP) is 3.21. The van der Waals surface area contributed by atoms with Gasteiger partial charge in [-0.25, -0.2) is 0 Å². The molecule has 2 aliphatic rings. The van der Waals surface area contributed by atoms with Crippen molar-refractivity contribution >= 4 is 17.3 Å². The highest BCUT2D eigenvalue weighted by Crippen LogP contribution is 2.24. The lowest BCUT2D eigenvalue weighted by Gasteiger charge is -2.20. The molecule has 1 saturated heterocycles. The van der Waals surface area contributed by atoms with E-state index in [9.17, 15) is 4.79 Å². The van der Waals surface area contributed by atoms with E-state index in [1.807, 2.05) is 12.1 Å². The van der Waals surface area contributed by atoms with Gasteiger partial charge in [0.05, 0.1) is 6.10 Å². The Morgan fingerprint density at radius 3 is 2.68 bits per heavy atom. The zero-order valence-corrected chi connectivity index (χ0v) is 13.1. The molecule has 1 aromatic rings. The molecule has 1 aliphatic carbocycles. The number of hydrogen-bond acceptors (Lipinski definition) is 3. The second-order valence-electron chi connectivity index (χ2n) is 6.11. The molecule has 1 amide bonds. The highest BCUT2D eigenvalue weighted by atomic mass is 16.5. The Bertz CT molecular complexity index is 539. The summed E-state index contributed by atoms with van der Waals surface area (Å²) in [5.41, 5.74) is 2.07. The van der Waals surface area contributed by atoms with Gasteiger partial charge in [-0.15, -0.1) is 0 Å². The molecular weight excluding hydrogens is 276 g/mol. The Hall–Kier alpha value is -1.81. The molecule has 4 nitrogen and oxygen atoms in total. The number of anilines is 2. The minimum atomic E-state index is 0.116. The van der Waals surface area contributed by atoms with Gasteiger partial charge in [-0.2, -0.15) is 0 Å². The van der Waals surface area contributed by atoms with Gasteiger partial charge in [0.2, 0.25) is 5.91 Å². The number of ether oxygens (including phenoxy) is 1. The van der Waals surface area contributed by atoms with Gasteiger partial charge in [-0.1, -0.05) is 12.2 Å². The first-order valence-electron chi connectivity index (χ1n) is 8.10. The average Bonchev–Trinajstić information content (AvgIpc) is 3.05. The van der Waals surface area contributed by atoms with Crippen LogP contribution in [0.25, 0.3) is 0 Å². The molecule has 1 aliphatic heterocycles. The maximum Gasteiger partial charge on any atom is 0.227 e. The van der Waals surface area contributed by atoms with Gasteiger partial charge >= 0.3 is 0 Å². The number of methoxy groups -OCH3 is 1. The van der Waals surface area contributed by atoms with Crippen LogP contribution in [0.3, 0.4) is 0 Å². The Morgan fingerprint density at radius 1 is 1.23 bits per heavy atom. The summed E-state index contributed by atoms with van der Waals surface area (Å²) in [5, 5.41) is 3.03. The molecule has 0 radical (unpaired) electrons. The molecule has 22 heavy (non-hydrogen) atoms. The molecule has 0 bridgehead atoms. The number of nitrogens with zero attached hydrogens (tertiary/aromatic N) is 1. The maximum atomic E-state index is 12.2. The summed E-state index contributed by atoms with van der Waals surface area (Å²) in [6.07, 6.45) is 8.48. The molecule has 1 heterocycles. The largest absolute Gasteiger partial charge is 0.380 e. The fraction of sp³-hybridized carbons (Fsp3) is 0.500. The Balaban J connectivity index is 1.57. The van der Waals surface area contributed by atoms with E-state index in [1.54, 1.807) is 7.11 Å². The summed E-state index contributed by atoms with van der Waals surface area (Å²) in [6, 6.07) is 8.14. The SMILES string of the molecule is COC1CCN(c2ccc(NC(=O)C3CC=CCC3)cc2)C1. The molecule has 1 N–H and O–H groups in total. The molecule has 0 aromatic heterocycles. The molecule has 1 aromatic carbocycles. The first kappa shape index (κ1) is 15.1. The van der Waals surface area contributed by atoms with E-state index in [1.165, 1.54) is 5.69 Å². The maximum absolute atomic E-state index is 12.2. The standard InChI is InChI=1S/C18H24N2O2/c1-22-17-11-12-20(13-17)16-9-7-15(8-10-16)19-18(21)14-5-3-2-4-6-14/h2-3,7-10,14,17H,4-6,11-13H2,1H3,(H,19,21). The summed E-state index contributed by atoms with van der Waals surface area (Å²) in [7, 11) is 1.77. The van der Waals surface area contributed by atoms with Gasteiger partial charge in [0.25, 0.3) is 0 Å². The van der Waals surface area contributed by atoms with Crippen molar-refractivity contribution in [2.75, 3.05) is 30.4 Å². The third-order valence-electron chi connectivity index (χ3n) is 4.62. The second kappa shape index (κ2) is 6.97. The van der Waals surface area contributed by atoms with Crippen LogP contribution in [0, 0.1) is 5.92 Å². The van der Waals surface area contributed by atoms with Crippen LogP contribution in [0.5, 0.6) is 0 Å². The van der Waals surface area contributed by atoms with Crippen molar-refractivity contribution in [3.8, 4) is 0 Å². The molecular formula is C18H24N2O2. The number of hydrogen-bond donors (Lipinski definition) is 1. The third kappa shape index (κ3) is 3.50. The number of amides is 1. The zero-order valence-electron chi connectivity index (χ0n) is 13.1. The average molecular weight is 300 g/mol. The highest BCUT2D eigenvalue weighted by molar-refractivity contribution is 5.92. The smallest absolute Gasteiger partial charge is 0.227 e. The van der Waals surface area contributed by atoms with E-state index in [4.69, 9.17) is 4.74 Å². The van der Waals surface area contributed by atoms with E-state index >= 15 is 0 Å². The number of rotatable bonds is 4. The number of carbonyl (C=O) groups excluding carboxylic acids is 1. The molecule has 0 saturated carbocycles. The minimum Gasteiger partial charge on any atom is -0.380 e. The van der Waals surface area contributed by atoms with Crippen LogP contribution in [-0.2, 0) is 9.53 Å². The fourth-order valence-electron chi connectivity index (χ4n) is 3.19. The summed E-state index contributed by atoms with van der Waals surface area (Å²) in [4.78, 5) is 14.5. The van der Waals surface area contributed by atoms with Crippen LogP contribution in [0.1, 0.15) is 25.7 Å². The quantitative estimate of drug-likeness (QED) is 0.868. The van der Waals surface area contributed by atoms with Crippen molar-refractivity contribution in [1.29, 1.82) is 0 Å². The van der Waals surface area contributed by atoms with E-state index in [0.29, 0.717) is 6.10 Å². The number of benzene rings is 1. The van der Waals surface area contributed by atoms with Crippen LogP contribution in [0.4, 0.5) is 11.4 Å². The van der Waals surface area contributed by atoms with Crippen molar-refractivity contribution in [2.24, 2.45) is 5.92 Å². The molecule has 2 atom stereocenters. The minimum absolute atomic E-state index is 0.116. The van der Waals surface area contributed by atoms with Gasteiger partial charge in [-0.05, 0) is 49.9 Å². The van der Waals surface area contributed by atoms with Gasteiger partial charge < -0.3 is 15.0 Å². The van der Waals surface area contributed by atoms with Crippen molar-refractivity contribution < 1.29 is 9.53 Å². The van der Waals surface area contributed by atoms with Crippen molar-refractivity contribution in [3.05, 3.63) is 36.4 Å². The summed E-state index contributed by atoms with van der Waals surface area (Å²) in [5.74, 6) is 0.253. The first-order chi connectivity index (χ1) is 10.8. The van der Waals surface area contributed by atoms with Crippen molar-refractivity contribution in [3.63, 3.8) is 0 Å². The van der Waals surface area contributed by atoms with E-state index in [-0.39, 0.29) is 11.8 Å². The van der Waals surface area contributed by atoms with E-state index in [0.717, 1.165) is 44.5 Å². The van der Waals surface area contributed by atoms with Crippen LogP contribution >= 0.6 is 0 Å². The van der Waals surface area contributed by atoms with E-state index < -0.39 is 0 Å². The van der Waals surface area contributed by atoms with Crippen LogP contribution in [0.15, 0.2) is 36.4 Å². The molecule has 118 valence electrons. The van der Waals surface area contributed by atoms with Gasteiger partial charge in [0.1, 0.15) is 0 Å². The topological polar surface area (TPSA) is 41.6 Å². The van der Waals surface area contributed by atoms with Crippen LogP contribution in [0.2, 0.25) is 0 Å². The number of carbonyl (C=O) groups is 1. The van der Waals surface area contributed by atoms with Crippen LogP contribution in [-0.4, -0.2) is 32.2 Å². The molecule has 3 rings (SSSR count). The number of nitrogens with one attached hydrogen (secondary N) is 1. The lowest BCUT2D eigenvalue weighted by molar-refractivity contribution is -0.120. The van der Waals surface area contributed by atoms with Gasteiger partial charge in [0, 0.05) is 37.5 Å². The molecule has 1 fully saturated rings. The molecule has 0 spiro atoms. The van der Waals surface area contributed by atoms with Crippen LogP contribution < -0.4 is 10.2 Å². The second-order valence-corrected chi connectivity index (χ2v) is 6.11. The number of allylic oxidation sites excluding steroid dienone is 2. The monoisotopic (exact) mass is 300 g/mol. The summed E-state index contributed by atoms with van der Waals surface area (Å²) < 4.78 is 5.40. The Kier molecular flexibility index (Phi) is 4.78. The van der Waals surface area contributed by atoms with Crippen molar-refractivity contribution in [2.45, 2.75) is 31.8 Å². The van der Waals surface area contributed by atoms with Gasteiger partial charge in [0.15, 0.2) is 0 Å². The summed E-state index contributed by atoms with van der Waals surface area (Å²) in [6.45, 7) is 1.97.